The smallest absolute Gasteiger partial charge is 0.247 e. The molecule has 4 unspecified atom stereocenters. The van der Waals surface area contributed by atoms with Gasteiger partial charge in [0.05, 0.1) is 44.8 Å². The van der Waals surface area contributed by atoms with E-state index in [0.717, 1.165) is 0 Å². The van der Waals surface area contributed by atoms with Crippen molar-refractivity contribution < 1.29 is 43.6 Å². The third-order valence-electron chi connectivity index (χ3n) is 7.03. The number of carbonyl (C=O) groups excluding carboxylic acids is 3. The van der Waals surface area contributed by atoms with Crippen LogP contribution in [0.4, 0.5) is 0 Å². The van der Waals surface area contributed by atoms with Crippen molar-refractivity contribution in [1.29, 1.82) is 0 Å². The van der Waals surface area contributed by atoms with Crippen molar-refractivity contribution >= 4 is 17.6 Å². The number of hydrogen-bond acceptors (Lipinski definition) is 9. The summed E-state index contributed by atoms with van der Waals surface area (Å²) in [5.74, 6) is -0.829. The molecule has 0 fully saturated rings. The number of nitrogens with zero attached hydrogens (tertiary/aromatic N) is 1. The fourth-order valence-corrected chi connectivity index (χ4v) is 5.19. The third-order valence-corrected chi connectivity index (χ3v) is 7.03. The van der Waals surface area contributed by atoms with E-state index in [1.165, 1.54) is 31.5 Å². The zero-order valence-electron chi connectivity index (χ0n) is 22.0. The van der Waals surface area contributed by atoms with Crippen LogP contribution in [-0.2, 0) is 27.5 Å². The molecule has 1 aromatic heterocycles. The number of aliphatic hydroxyl groups is 3. The molecule has 4 rings (SSSR count). The summed E-state index contributed by atoms with van der Waals surface area (Å²) in [6, 6.07) is 4.09. The van der Waals surface area contributed by atoms with Crippen molar-refractivity contribution in [2.24, 2.45) is 0 Å². The lowest BCUT2D eigenvalue weighted by atomic mass is 9.77. The van der Waals surface area contributed by atoms with E-state index in [-0.39, 0.29) is 56.4 Å². The molecular formula is C28H34N2O9. The molecule has 0 radical (unpaired) electrons. The molecule has 0 saturated carbocycles. The number of methoxy groups -OCH3 is 1. The Bertz CT molecular complexity index is 1220. The van der Waals surface area contributed by atoms with Crippen LogP contribution in [-0.4, -0.2) is 76.3 Å². The second kappa shape index (κ2) is 12.5. The van der Waals surface area contributed by atoms with Crippen LogP contribution in [0.25, 0.3) is 0 Å². The molecule has 4 N–H and O–H groups in total. The van der Waals surface area contributed by atoms with Gasteiger partial charge in [0.25, 0.3) is 0 Å². The molecule has 39 heavy (non-hydrogen) atoms. The van der Waals surface area contributed by atoms with Gasteiger partial charge in [-0.15, -0.1) is 0 Å². The normalized spacial score (nSPS) is 21.3. The lowest BCUT2D eigenvalue weighted by Gasteiger charge is -2.40. The number of ketones is 1. The molecule has 2 aromatic rings. The molecule has 2 heterocycles. The highest BCUT2D eigenvalue weighted by molar-refractivity contribution is 5.96. The summed E-state index contributed by atoms with van der Waals surface area (Å²) in [5.41, 5.74) is 2.06. The molecule has 0 bridgehead atoms. The number of carbonyl (C=O) groups is 3. The van der Waals surface area contributed by atoms with E-state index in [0.29, 0.717) is 34.6 Å². The zero-order valence-corrected chi connectivity index (χ0v) is 22.0. The molecule has 1 aromatic carbocycles. The Labute approximate surface area is 226 Å². The summed E-state index contributed by atoms with van der Waals surface area (Å²) >= 11 is 0. The first-order valence-corrected chi connectivity index (χ1v) is 12.9. The molecule has 1 aliphatic heterocycles. The number of hydrogen-bond donors (Lipinski definition) is 4. The lowest BCUT2D eigenvalue weighted by molar-refractivity contribution is -0.138. The van der Waals surface area contributed by atoms with Crippen LogP contribution in [0, 0.1) is 0 Å². The number of benzene rings is 1. The van der Waals surface area contributed by atoms with Gasteiger partial charge < -0.3 is 44.2 Å². The number of aliphatic hydroxyl groups excluding tert-OH is 3. The minimum atomic E-state index is -1.23. The Balaban J connectivity index is 1.77. The van der Waals surface area contributed by atoms with E-state index in [1.807, 2.05) is 0 Å². The predicted molar refractivity (Wildman–Crippen MR) is 138 cm³/mol. The van der Waals surface area contributed by atoms with Crippen molar-refractivity contribution in [2.75, 3.05) is 20.3 Å². The Kier molecular flexibility index (Phi) is 9.05. The highest BCUT2D eigenvalue weighted by Crippen LogP contribution is 2.51. The van der Waals surface area contributed by atoms with Gasteiger partial charge in [-0.3, -0.25) is 9.59 Å². The monoisotopic (exact) mass is 542 g/mol. The first-order valence-electron chi connectivity index (χ1n) is 12.9. The van der Waals surface area contributed by atoms with Gasteiger partial charge in [0.2, 0.25) is 11.8 Å². The van der Waals surface area contributed by atoms with E-state index >= 15 is 0 Å². The molecular weight excluding hydrogens is 508 g/mol. The molecule has 11 nitrogen and oxygen atoms in total. The molecule has 0 saturated heterocycles. The topological polar surface area (TPSA) is 159 Å². The van der Waals surface area contributed by atoms with Gasteiger partial charge in [-0.2, -0.15) is 0 Å². The van der Waals surface area contributed by atoms with E-state index < -0.39 is 30.1 Å². The van der Waals surface area contributed by atoms with Crippen LogP contribution in [0.15, 0.2) is 46.8 Å². The number of amides is 2. The van der Waals surface area contributed by atoms with Crippen molar-refractivity contribution in [3.63, 3.8) is 0 Å². The maximum absolute atomic E-state index is 13.5. The Morgan fingerprint density at radius 2 is 1.95 bits per heavy atom. The number of Topliss-reactive ketones (excluding diaryl/α,β-unsaturated/α-hetero) is 1. The van der Waals surface area contributed by atoms with Gasteiger partial charge >= 0.3 is 0 Å². The Morgan fingerprint density at radius 3 is 2.59 bits per heavy atom. The first kappa shape index (κ1) is 28.3. The van der Waals surface area contributed by atoms with E-state index in [9.17, 15) is 29.7 Å². The minimum Gasteiger partial charge on any atom is -0.493 e. The summed E-state index contributed by atoms with van der Waals surface area (Å²) in [6.07, 6.45) is 3.04. The number of ether oxygens (including phenoxy) is 2. The highest BCUT2D eigenvalue weighted by atomic mass is 16.5. The molecule has 2 amide bonds. The number of fused-ring (bicyclic) bond motifs is 3. The fourth-order valence-electron chi connectivity index (χ4n) is 5.19. The molecule has 11 heteroatoms. The molecule has 1 aliphatic carbocycles. The molecule has 4 atom stereocenters. The van der Waals surface area contributed by atoms with Crippen LogP contribution in [0.5, 0.6) is 11.5 Å². The highest BCUT2D eigenvalue weighted by Gasteiger charge is 2.51. The quantitative estimate of drug-likeness (QED) is 0.309. The van der Waals surface area contributed by atoms with Gasteiger partial charge in [-0.1, -0.05) is 0 Å². The lowest BCUT2D eigenvalue weighted by Crippen LogP contribution is -2.55. The number of furan rings is 1. The fraction of sp³-hybridized carbons (Fsp3) is 0.464. The second-order valence-corrected chi connectivity index (χ2v) is 9.73. The van der Waals surface area contributed by atoms with Gasteiger partial charge in [-0.05, 0) is 43.2 Å². The summed E-state index contributed by atoms with van der Waals surface area (Å²) in [4.78, 5) is 39.7. The number of nitrogens with one attached hydrogen (secondary N) is 1. The van der Waals surface area contributed by atoms with Crippen molar-refractivity contribution in [1.82, 2.24) is 10.2 Å². The van der Waals surface area contributed by atoms with Crippen LogP contribution >= 0.6 is 0 Å². The third kappa shape index (κ3) is 6.00. The van der Waals surface area contributed by atoms with E-state index in [2.05, 4.69) is 5.32 Å². The summed E-state index contributed by atoms with van der Waals surface area (Å²) in [7, 11) is 1.46. The van der Waals surface area contributed by atoms with Crippen LogP contribution in [0.3, 0.4) is 0 Å². The predicted octanol–water partition coefficient (Wildman–Crippen LogP) is 1.19. The van der Waals surface area contributed by atoms with Crippen LogP contribution < -0.4 is 14.8 Å². The average molecular weight is 543 g/mol. The Morgan fingerprint density at radius 1 is 1.15 bits per heavy atom. The van der Waals surface area contributed by atoms with Crippen molar-refractivity contribution in [2.45, 2.75) is 63.5 Å². The maximum atomic E-state index is 13.5. The minimum absolute atomic E-state index is 0.0111. The van der Waals surface area contributed by atoms with E-state index in [4.69, 9.17) is 13.9 Å². The van der Waals surface area contributed by atoms with Crippen LogP contribution in [0.1, 0.15) is 48.8 Å². The van der Waals surface area contributed by atoms with Crippen LogP contribution in [0.2, 0.25) is 0 Å². The van der Waals surface area contributed by atoms with Gasteiger partial charge in [0.1, 0.15) is 18.0 Å². The largest absolute Gasteiger partial charge is 0.493 e. The van der Waals surface area contributed by atoms with Crippen molar-refractivity contribution in [3.8, 4) is 11.5 Å². The van der Waals surface area contributed by atoms with E-state index in [1.54, 1.807) is 24.3 Å². The van der Waals surface area contributed by atoms with Gasteiger partial charge in [0, 0.05) is 42.6 Å². The SMILES string of the molecule is COc1cc(CO)cc2c1OC1C2C(C(=O)NCCO)=CC(N(Cc2ccoc2)C(=O)CCCC(C)=O)C1O. The summed E-state index contributed by atoms with van der Waals surface area (Å²) in [6.45, 7) is 1.04. The molecule has 2 aliphatic rings. The number of rotatable bonds is 12. The maximum Gasteiger partial charge on any atom is 0.247 e. The average Bonchev–Trinajstić information content (AvgIpc) is 3.58. The standard InChI is InChI=1S/C28H34N2O9/c1-16(33)4-3-5-23(34)30(13-17-6-9-38-15-17)21-12-20(28(36)29-7-8-31)24-19-10-18(14-32)11-22(37-2)26(19)39-27(24)25(21)35/h6,9-12,15,21,24-25,27,31-32,35H,3-5,7-8,13-14H2,1-2H3,(H,29,36). The first-order chi connectivity index (χ1) is 18.8. The summed E-state index contributed by atoms with van der Waals surface area (Å²) in [5, 5.41) is 33.4. The Hall–Kier alpha value is -3.67. The molecule has 210 valence electrons. The van der Waals surface area contributed by atoms with Gasteiger partial charge in [0.15, 0.2) is 11.5 Å². The summed E-state index contributed by atoms with van der Waals surface area (Å²) < 4.78 is 16.9. The van der Waals surface area contributed by atoms with Crippen molar-refractivity contribution in [3.05, 3.63) is 59.1 Å². The molecule has 0 spiro atoms. The van der Waals surface area contributed by atoms with Gasteiger partial charge in [-0.25, -0.2) is 0 Å². The second-order valence-electron chi connectivity index (χ2n) is 9.73. The zero-order chi connectivity index (χ0) is 28.1.